The third kappa shape index (κ3) is 3.46. The monoisotopic (exact) mass is 244 g/mol. The number of para-hydroxylation sites is 1. The summed E-state index contributed by atoms with van der Waals surface area (Å²) in [6, 6.07) is 8.83. The highest BCUT2D eigenvalue weighted by Crippen LogP contribution is 2.09. The molecule has 1 unspecified atom stereocenters. The van der Waals surface area contributed by atoms with Crippen LogP contribution >= 0.6 is 15.9 Å². The van der Waals surface area contributed by atoms with E-state index in [2.05, 4.69) is 20.8 Å². The Morgan fingerprint density at radius 2 is 2.00 bits per heavy atom. The number of alkyl halides is 1. The summed E-state index contributed by atoms with van der Waals surface area (Å²) in [6.07, 6.45) is 0. The van der Waals surface area contributed by atoms with Crippen LogP contribution in [0.1, 0.15) is 6.92 Å². The molecule has 1 aromatic rings. The molecule has 0 aliphatic carbocycles. The first-order valence-corrected chi connectivity index (χ1v) is 4.69. The maximum atomic E-state index is 10.9. The van der Waals surface area contributed by atoms with Crippen LogP contribution < -0.4 is 4.89 Å². The number of carbonyl (C=O) groups excluding carboxylic acids is 1. The average Bonchev–Trinajstić information content (AvgIpc) is 2.15. The predicted octanol–water partition coefficient (Wildman–Crippen LogP) is 2.31. The lowest BCUT2D eigenvalue weighted by Gasteiger charge is -2.04. The van der Waals surface area contributed by atoms with Crippen LogP contribution in [0.2, 0.25) is 0 Å². The van der Waals surface area contributed by atoms with E-state index in [-0.39, 0.29) is 4.83 Å². The lowest BCUT2D eigenvalue weighted by Crippen LogP contribution is -2.15. The average molecular weight is 245 g/mol. The lowest BCUT2D eigenvalue weighted by molar-refractivity contribution is -0.212. The number of halogens is 1. The molecule has 0 amide bonds. The summed E-state index contributed by atoms with van der Waals surface area (Å²) in [7, 11) is 0. The van der Waals surface area contributed by atoms with Crippen molar-refractivity contribution in [2.45, 2.75) is 11.8 Å². The topological polar surface area (TPSA) is 35.5 Å². The van der Waals surface area contributed by atoms with Crippen molar-refractivity contribution < 1.29 is 14.6 Å². The zero-order valence-corrected chi connectivity index (χ0v) is 8.65. The Morgan fingerprint density at radius 3 is 2.54 bits per heavy atom. The molecule has 3 nitrogen and oxygen atoms in total. The quantitative estimate of drug-likeness (QED) is 0.465. The van der Waals surface area contributed by atoms with Crippen LogP contribution in [-0.4, -0.2) is 10.8 Å². The van der Waals surface area contributed by atoms with Crippen LogP contribution in [0, 0.1) is 0 Å². The summed E-state index contributed by atoms with van der Waals surface area (Å²) in [5.41, 5.74) is 0. The molecule has 0 saturated carbocycles. The number of hydrogen-bond donors (Lipinski definition) is 0. The number of hydrogen-bond acceptors (Lipinski definition) is 3. The number of benzene rings is 1. The van der Waals surface area contributed by atoms with Gasteiger partial charge in [-0.05, 0) is 19.1 Å². The van der Waals surface area contributed by atoms with Gasteiger partial charge in [-0.1, -0.05) is 34.1 Å². The summed E-state index contributed by atoms with van der Waals surface area (Å²) in [6.45, 7) is 1.66. The van der Waals surface area contributed by atoms with E-state index in [4.69, 9.17) is 4.89 Å². The van der Waals surface area contributed by atoms with Crippen LogP contribution in [0.3, 0.4) is 0 Å². The normalized spacial score (nSPS) is 11.8. The van der Waals surface area contributed by atoms with Gasteiger partial charge in [-0.15, -0.1) is 0 Å². The van der Waals surface area contributed by atoms with Crippen molar-refractivity contribution in [1.82, 2.24) is 0 Å². The van der Waals surface area contributed by atoms with Crippen molar-refractivity contribution >= 4 is 21.9 Å². The first-order valence-electron chi connectivity index (χ1n) is 3.77. The summed E-state index contributed by atoms with van der Waals surface area (Å²) in [5.74, 6) is 0.0489. The summed E-state index contributed by atoms with van der Waals surface area (Å²) in [5, 5.41) is 0. The van der Waals surface area contributed by atoms with E-state index in [0.29, 0.717) is 5.75 Å². The molecule has 0 bridgehead atoms. The van der Waals surface area contributed by atoms with Crippen LogP contribution in [-0.2, 0) is 9.68 Å². The molecule has 1 aromatic carbocycles. The molecule has 0 N–H and O–H groups in total. The highest BCUT2D eigenvalue weighted by Gasteiger charge is 2.11. The molecule has 0 radical (unpaired) electrons. The van der Waals surface area contributed by atoms with E-state index in [1.165, 1.54) is 0 Å². The van der Waals surface area contributed by atoms with E-state index in [1.807, 2.05) is 6.07 Å². The molecule has 0 aliphatic heterocycles. The fourth-order valence-corrected chi connectivity index (χ4v) is 0.708. The van der Waals surface area contributed by atoms with Crippen molar-refractivity contribution in [1.29, 1.82) is 0 Å². The van der Waals surface area contributed by atoms with Gasteiger partial charge in [0, 0.05) is 0 Å². The largest absolute Gasteiger partial charge is 0.368 e. The third-order valence-electron chi connectivity index (χ3n) is 1.29. The van der Waals surface area contributed by atoms with Crippen molar-refractivity contribution in [3.05, 3.63) is 30.3 Å². The van der Waals surface area contributed by atoms with Gasteiger partial charge in [-0.3, -0.25) is 4.89 Å². The number of rotatable bonds is 3. The molecule has 4 heteroatoms. The van der Waals surface area contributed by atoms with Gasteiger partial charge in [-0.25, -0.2) is 9.68 Å². The van der Waals surface area contributed by atoms with Crippen molar-refractivity contribution in [2.75, 3.05) is 0 Å². The fourth-order valence-electron chi connectivity index (χ4n) is 0.632. The summed E-state index contributed by atoms with van der Waals surface area (Å²) < 4.78 is 0. The fraction of sp³-hybridized carbons (Fsp3) is 0.222. The molecule has 1 rings (SSSR count). The molecular formula is C9H9BrO3. The molecule has 70 valence electrons. The molecule has 0 fully saturated rings. The Hall–Kier alpha value is -1.03. The molecule has 0 heterocycles. The van der Waals surface area contributed by atoms with Gasteiger partial charge in [0.1, 0.15) is 4.83 Å². The predicted molar refractivity (Wildman–Crippen MR) is 51.6 cm³/mol. The molecule has 1 atom stereocenters. The Morgan fingerprint density at radius 1 is 1.38 bits per heavy atom. The zero-order chi connectivity index (χ0) is 9.68. The van der Waals surface area contributed by atoms with E-state index in [1.54, 1.807) is 31.2 Å². The molecule has 0 spiro atoms. The van der Waals surface area contributed by atoms with E-state index >= 15 is 0 Å². The highest BCUT2D eigenvalue weighted by molar-refractivity contribution is 9.10. The first kappa shape index (κ1) is 10.1. The van der Waals surface area contributed by atoms with Gasteiger partial charge in [0.25, 0.3) is 0 Å². The molecule has 0 aliphatic rings. The Labute approximate surface area is 84.7 Å². The van der Waals surface area contributed by atoms with Gasteiger partial charge in [-0.2, -0.15) is 0 Å². The lowest BCUT2D eigenvalue weighted by atomic mass is 10.3. The third-order valence-corrected chi connectivity index (χ3v) is 1.66. The standard InChI is InChI=1S/C9H9BrO3/c1-7(10)9(11)13-12-8-5-3-2-4-6-8/h2-7H,1H3. The van der Waals surface area contributed by atoms with Crippen LogP contribution in [0.4, 0.5) is 0 Å². The van der Waals surface area contributed by atoms with E-state index < -0.39 is 5.97 Å². The van der Waals surface area contributed by atoms with Gasteiger partial charge in [0.05, 0.1) is 0 Å². The molecule has 0 saturated heterocycles. The Bertz CT molecular complexity index is 271. The van der Waals surface area contributed by atoms with Crippen LogP contribution in [0.15, 0.2) is 30.3 Å². The molecular weight excluding hydrogens is 236 g/mol. The zero-order valence-electron chi connectivity index (χ0n) is 7.07. The minimum Gasteiger partial charge on any atom is -0.287 e. The Kier molecular flexibility index (Phi) is 3.76. The minimum atomic E-state index is -0.455. The van der Waals surface area contributed by atoms with E-state index in [9.17, 15) is 4.79 Å². The second-order valence-corrected chi connectivity index (χ2v) is 3.79. The second kappa shape index (κ2) is 4.87. The van der Waals surface area contributed by atoms with Gasteiger partial charge in [0.15, 0.2) is 5.75 Å². The van der Waals surface area contributed by atoms with Crippen molar-refractivity contribution in [3.8, 4) is 5.75 Å². The van der Waals surface area contributed by atoms with Gasteiger partial charge >= 0.3 is 5.97 Å². The van der Waals surface area contributed by atoms with Gasteiger partial charge < -0.3 is 0 Å². The smallest absolute Gasteiger partial charge is 0.287 e. The molecule has 0 aromatic heterocycles. The minimum absolute atomic E-state index is 0.365. The first-order chi connectivity index (χ1) is 6.20. The van der Waals surface area contributed by atoms with E-state index in [0.717, 1.165) is 0 Å². The van der Waals surface area contributed by atoms with Crippen LogP contribution in [0.5, 0.6) is 5.75 Å². The molecule has 13 heavy (non-hydrogen) atoms. The SMILES string of the molecule is CC(Br)C(=O)OOc1ccccc1. The van der Waals surface area contributed by atoms with Gasteiger partial charge in [0.2, 0.25) is 0 Å². The maximum Gasteiger partial charge on any atom is 0.368 e. The summed E-state index contributed by atoms with van der Waals surface area (Å²) in [4.78, 5) is 19.8. The second-order valence-electron chi connectivity index (χ2n) is 2.41. The van der Waals surface area contributed by atoms with Crippen molar-refractivity contribution in [2.24, 2.45) is 0 Å². The summed E-state index contributed by atoms with van der Waals surface area (Å²) >= 11 is 3.06. The Balaban J connectivity index is 2.40. The maximum absolute atomic E-state index is 10.9. The number of carbonyl (C=O) groups is 1. The van der Waals surface area contributed by atoms with Crippen molar-refractivity contribution in [3.63, 3.8) is 0 Å². The van der Waals surface area contributed by atoms with Crippen LogP contribution in [0.25, 0.3) is 0 Å². The highest BCUT2D eigenvalue weighted by atomic mass is 79.9.